The smallest absolute Gasteiger partial charge is 0.433 e. The number of alkyl halides is 3. The van der Waals surface area contributed by atoms with Crippen molar-refractivity contribution in [2.24, 2.45) is 4.99 Å². The molecule has 2 aromatic heterocycles. The molecule has 0 bridgehead atoms. The number of aromatic nitrogens is 3. The van der Waals surface area contributed by atoms with E-state index in [4.69, 9.17) is 4.52 Å². The number of likely N-dealkylation sites (N-methyl/N-ethyl adjacent to an activating group) is 1. The van der Waals surface area contributed by atoms with Gasteiger partial charge in [0, 0.05) is 24.6 Å². The number of para-hydroxylation sites is 1. The first kappa shape index (κ1) is 20.6. The predicted molar refractivity (Wildman–Crippen MR) is 104 cm³/mol. The Bertz CT molecular complexity index is 1100. The Morgan fingerprint density at radius 2 is 2.16 bits per heavy atom. The third-order valence-electron chi connectivity index (χ3n) is 5.08. The van der Waals surface area contributed by atoms with E-state index in [1.54, 1.807) is 4.68 Å². The number of amidine groups is 1. The minimum atomic E-state index is -4.61. The maximum atomic E-state index is 12.7. The number of aliphatic imine (C=N–C) groups is 1. The van der Waals surface area contributed by atoms with Crippen LogP contribution in [0.3, 0.4) is 0 Å². The van der Waals surface area contributed by atoms with E-state index in [1.165, 1.54) is 23.5 Å². The second-order valence-electron chi connectivity index (χ2n) is 7.16. The Morgan fingerprint density at radius 1 is 1.35 bits per heavy atom. The number of benzene rings is 1. The topological polar surface area (TPSA) is 93.5 Å². The molecular weight excluding hydrogens is 413 g/mol. The van der Waals surface area contributed by atoms with Crippen LogP contribution >= 0.6 is 0 Å². The van der Waals surface area contributed by atoms with Gasteiger partial charge in [-0.1, -0.05) is 18.2 Å². The van der Waals surface area contributed by atoms with Crippen LogP contribution in [0.5, 0.6) is 0 Å². The summed E-state index contributed by atoms with van der Waals surface area (Å²) in [6.45, 7) is 0.533. The number of nitrogens with zero attached hydrogens (tertiary/aromatic N) is 5. The number of hydrogen-bond acceptors (Lipinski definition) is 6. The molecule has 1 aliphatic rings. The lowest BCUT2D eigenvalue weighted by Crippen LogP contribution is -2.49. The highest BCUT2D eigenvalue weighted by Crippen LogP contribution is 2.30. The Kier molecular flexibility index (Phi) is 5.49. The molecule has 1 aliphatic heterocycles. The SMILES string of the molecule is CN1c2ccccc2CCC1C[n+]1cc(/N=C(\[O-])Nc2ccnc(C(F)(F)F)c2)on1. The molecule has 8 nitrogen and oxygen atoms in total. The van der Waals surface area contributed by atoms with Crippen LogP contribution in [0, 0.1) is 0 Å². The van der Waals surface area contributed by atoms with Gasteiger partial charge in [-0.15, -0.1) is 0 Å². The van der Waals surface area contributed by atoms with Crippen molar-refractivity contribution in [3.05, 3.63) is 60.0 Å². The van der Waals surface area contributed by atoms with Crippen molar-refractivity contribution in [2.45, 2.75) is 31.6 Å². The molecule has 1 atom stereocenters. The van der Waals surface area contributed by atoms with Gasteiger partial charge in [-0.05, 0) is 41.3 Å². The summed E-state index contributed by atoms with van der Waals surface area (Å²) in [7, 11) is 2.02. The van der Waals surface area contributed by atoms with Crippen LogP contribution in [0.25, 0.3) is 0 Å². The highest BCUT2D eigenvalue weighted by Gasteiger charge is 2.32. The Labute approximate surface area is 175 Å². The Balaban J connectivity index is 1.42. The van der Waals surface area contributed by atoms with E-state index < -0.39 is 17.9 Å². The van der Waals surface area contributed by atoms with Gasteiger partial charge in [0.1, 0.15) is 5.69 Å². The highest BCUT2D eigenvalue weighted by atomic mass is 19.4. The van der Waals surface area contributed by atoms with Gasteiger partial charge in [0.2, 0.25) is 5.27 Å². The zero-order chi connectivity index (χ0) is 22.0. The predicted octanol–water partition coefficient (Wildman–Crippen LogP) is 2.29. The summed E-state index contributed by atoms with van der Waals surface area (Å²) < 4.78 is 44.8. The van der Waals surface area contributed by atoms with Crippen LogP contribution in [-0.4, -0.2) is 29.4 Å². The van der Waals surface area contributed by atoms with Gasteiger partial charge in [0.15, 0.2) is 6.54 Å². The molecule has 0 aliphatic carbocycles. The second kappa shape index (κ2) is 8.25. The van der Waals surface area contributed by atoms with Gasteiger partial charge >= 0.3 is 12.1 Å². The Hall–Kier alpha value is -3.63. The van der Waals surface area contributed by atoms with E-state index in [0.717, 1.165) is 25.1 Å². The molecule has 162 valence electrons. The lowest BCUT2D eigenvalue weighted by molar-refractivity contribution is -0.763. The van der Waals surface area contributed by atoms with Crippen molar-refractivity contribution in [1.29, 1.82) is 0 Å². The van der Waals surface area contributed by atoms with Crippen molar-refractivity contribution in [2.75, 3.05) is 17.3 Å². The number of fused-ring (bicyclic) bond motifs is 1. The number of nitrogens with one attached hydrogen (secondary N) is 1. The largest absolute Gasteiger partial charge is 0.846 e. The average Bonchev–Trinajstić information content (AvgIpc) is 3.16. The summed E-state index contributed by atoms with van der Waals surface area (Å²) in [5, 5.41) is 18.2. The fraction of sp³-hybridized carbons (Fsp3) is 0.300. The maximum absolute atomic E-state index is 12.7. The van der Waals surface area contributed by atoms with Crippen molar-refractivity contribution >= 4 is 23.3 Å². The molecule has 0 saturated carbocycles. The van der Waals surface area contributed by atoms with Crippen LogP contribution in [0.15, 0.2) is 58.3 Å². The number of rotatable bonds is 4. The van der Waals surface area contributed by atoms with Crippen molar-refractivity contribution in [1.82, 2.24) is 10.3 Å². The molecule has 1 unspecified atom stereocenters. The van der Waals surface area contributed by atoms with Gasteiger partial charge in [-0.2, -0.15) is 13.2 Å². The fourth-order valence-electron chi connectivity index (χ4n) is 3.53. The maximum Gasteiger partial charge on any atom is 0.433 e. The molecule has 3 heterocycles. The molecule has 11 heteroatoms. The van der Waals surface area contributed by atoms with Crippen LogP contribution in [-0.2, 0) is 19.1 Å². The zero-order valence-corrected chi connectivity index (χ0v) is 16.5. The lowest BCUT2D eigenvalue weighted by Gasteiger charge is -2.33. The summed E-state index contributed by atoms with van der Waals surface area (Å²) in [5.74, 6) is -0.0542. The molecule has 0 radical (unpaired) electrons. The first-order valence-electron chi connectivity index (χ1n) is 9.53. The van der Waals surface area contributed by atoms with Crippen LogP contribution in [0.2, 0.25) is 0 Å². The summed E-state index contributed by atoms with van der Waals surface area (Å²) in [6.07, 6.45) is -0.290. The number of anilines is 2. The standard InChI is InChI=1S/C20H19F3N6O2/c1-28-15(7-6-13-4-2-3-5-16(13)28)11-29-12-18(31-27-29)26-19(30)25-14-8-9-24-17(10-14)20(21,22)23/h2-5,8-10,12,15H,6-7,11H2,1H3,(H-,24,25,26,27,30). The average molecular weight is 432 g/mol. The van der Waals surface area contributed by atoms with E-state index >= 15 is 0 Å². The molecule has 4 rings (SSSR count). The quantitative estimate of drug-likeness (QED) is 0.386. The fourth-order valence-corrected chi connectivity index (χ4v) is 3.53. The molecule has 0 fully saturated rings. The molecule has 1 aromatic carbocycles. The summed E-state index contributed by atoms with van der Waals surface area (Å²) in [4.78, 5) is 9.12. The van der Waals surface area contributed by atoms with Crippen LogP contribution in [0.1, 0.15) is 17.7 Å². The minimum Gasteiger partial charge on any atom is -0.846 e. The molecule has 1 N–H and O–H groups in total. The van der Waals surface area contributed by atoms with E-state index in [-0.39, 0.29) is 17.6 Å². The molecule has 3 aromatic rings. The molecular formula is C20H19F3N6O2. The van der Waals surface area contributed by atoms with Crippen LogP contribution in [0.4, 0.5) is 30.4 Å². The highest BCUT2D eigenvalue weighted by molar-refractivity contribution is 5.86. The van der Waals surface area contributed by atoms with E-state index in [9.17, 15) is 18.3 Å². The van der Waals surface area contributed by atoms with E-state index in [0.29, 0.717) is 6.54 Å². The summed E-state index contributed by atoms with van der Waals surface area (Å²) in [6, 6.07) is 9.47. The number of pyridine rings is 1. The normalized spacial score (nSPS) is 16.8. The van der Waals surface area contributed by atoms with E-state index in [1.807, 2.05) is 19.2 Å². The molecule has 31 heavy (non-hydrogen) atoms. The van der Waals surface area contributed by atoms with Gasteiger partial charge in [0.25, 0.3) is 6.20 Å². The molecule has 0 amide bonds. The first-order chi connectivity index (χ1) is 14.8. The number of halogens is 3. The molecule has 0 spiro atoms. The van der Waals surface area contributed by atoms with Gasteiger partial charge in [-0.25, -0.2) is 4.99 Å². The molecule has 0 saturated heterocycles. The first-order valence-corrected chi connectivity index (χ1v) is 9.53. The zero-order valence-electron chi connectivity index (χ0n) is 16.5. The summed E-state index contributed by atoms with van der Waals surface area (Å²) >= 11 is 0. The lowest BCUT2D eigenvalue weighted by atomic mass is 9.96. The third-order valence-corrected chi connectivity index (χ3v) is 5.08. The third kappa shape index (κ3) is 4.76. The number of aryl methyl sites for hydroxylation is 1. The minimum absolute atomic E-state index is 0.0542. The second-order valence-corrected chi connectivity index (χ2v) is 7.16. The van der Waals surface area contributed by atoms with Crippen molar-refractivity contribution in [3.8, 4) is 0 Å². The monoisotopic (exact) mass is 432 g/mol. The van der Waals surface area contributed by atoms with Crippen molar-refractivity contribution in [3.63, 3.8) is 0 Å². The van der Waals surface area contributed by atoms with Crippen molar-refractivity contribution < 1.29 is 27.5 Å². The van der Waals surface area contributed by atoms with Gasteiger partial charge < -0.3 is 15.3 Å². The van der Waals surface area contributed by atoms with Gasteiger partial charge in [0.05, 0.1) is 12.1 Å². The summed E-state index contributed by atoms with van der Waals surface area (Å²) in [5.41, 5.74) is 1.28. The Morgan fingerprint density at radius 3 is 2.97 bits per heavy atom. The van der Waals surface area contributed by atoms with E-state index in [2.05, 4.69) is 37.6 Å². The van der Waals surface area contributed by atoms with Gasteiger partial charge in [-0.3, -0.25) is 9.51 Å². The van der Waals surface area contributed by atoms with Crippen LogP contribution < -0.4 is 20.0 Å². The number of hydrogen-bond donors (Lipinski definition) is 1.